The fourth-order valence-corrected chi connectivity index (χ4v) is 3.68. The summed E-state index contributed by atoms with van der Waals surface area (Å²) in [4.78, 5) is 2.31. The van der Waals surface area contributed by atoms with E-state index in [1.54, 1.807) is 0 Å². The monoisotopic (exact) mass is 259 g/mol. The molecule has 1 saturated carbocycles. The molecule has 1 aliphatic carbocycles. The number of alkyl halides is 1. The van der Waals surface area contributed by atoms with E-state index in [1.807, 2.05) is 0 Å². The highest BCUT2D eigenvalue weighted by molar-refractivity contribution is 6.20. The highest BCUT2D eigenvalue weighted by Gasteiger charge is 2.40. The molecule has 1 saturated heterocycles. The fourth-order valence-electron chi connectivity index (χ4n) is 3.44. The lowest BCUT2D eigenvalue weighted by atomic mass is 9.83. The minimum absolute atomic E-state index is 0.227. The van der Waals surface area contributed by atoms with E-state index in [2.05, 4.69) is 18.9 Å². The third kappa shape index (κ3) is 3.84. The SMILES string of the molecule is CC(Cl)CN(C)CC1CCC2(CCCCC2)O1. The lowest BCUT2D eigenvalue weighted by molar-refractivity contribution is -0.0700. The van der Waals surface area contributed by atoms with Crippen molar-refractivity contribution >= 4 is 11.6 Å². The summed E-state index contributed by atoms with van der Waals surface area (Å²) in [7, 11) is 2.15. The summed E-state index contributed by atoms with van der Waals surface area (Å²) in [5.41, 5.74) is 0.260. The molecule has 0 bridgehead atoms. The van der Waals surface area contributed by atoms with Crippen LogP contribution in [0, 0.1) is 0 Å². The van der Waals surface area contributed by atoms with E-state index in [0.29, 0.717) is 6.10 Å². The molecule has 2 unspecified atom stereocenters. The molecule has 100 valence electrons. The third-order valence-corrected chi connectivity index (χ3v) is 4.32. The minimum atomic E-state index is 0.227. The molecule has 2 nitrogen and oxygen atoms in total. The van der Waals surface area contributed by atoms with Gasteiger partial charge in [0.2, 0.25) is 0 Å². The summed E-state index contributed by atoms with van der Waals surface area (Å²) in [6.45, 7) is 4.05. The van der Waals surface area contributed by atoms with Crippen molar-refractivity contribution in [3.8, 4) is 0 Å². The maximum atomic E-state index is 6.36. The van der Waals surface area contributed by atoms with Crippen molar-refractivity contribution in [1.82, 2.24) is 4.90 Å². The molecule has 0 aromatic rings. The van der Waals surface area contributed by atoms with Crippen LogP contribution in [0.15, 0.2) is 0 Å². The van der Waals surface area contributed by atoms with Crippen LogP contribution in [0.2, 0.25) is 0 Å². The molecular weight excluding hydrogens is 234 g/mol. The van der Waals surface area contributed by atoms with Crippen LogP contribution in [0.4, 0.5) is 0 Å². The van der Waals surface area contributed by atoms with Gasteiger partial charge in [0.25, 0.3) is 0 Å². The van der Waals surface area contributed by atoms with Gasteiger partial charge in [-0.05, 0) is 39.7 Å². The summed E-state index contributed by atoms with van der Waals surface area (Å²) < 4.78 is 6.36. The van der Waals surface area contributed by atoms with Crippen molar-refractivity contribution in [3.05, 3.63) is 0 Å². The maximum Gasteiger partial charge on any atom is 0.0710 e. The molecule has 0 radical (unpaired) electrons. The molecule has 1 heterocycles. The van der Waals surface area contributed by atoms with Gasteiger partial charge in [-0.3, -0.25) is 0 Å². The second-order valence-electron chi connectivity index (χ2n) is 6.02. The van der Waals surface area contributed by atoms with E-state index >= 15 is 0 Å². The van der Waals surface area contributed by atoms with Crippen LogP contribution in [-0.4, -0.2) is 42.1 Å². The molecule has 17 heavy (non-hydrogen) atoms. The van der Waals surface area contributed by atoms with Crippen molar-refractivity contribution in [2.24, 2.45) is 0 Å². The number of halogens is 1. The van der Waals surface area contributed by atoms with E-state index in [0.717, 1.165) is 13.1 Å². The zero-order valence-corrected chi connectivity index (χ0v) is 12.0. The molecule has 1 aliphatic heterocycles. The van der Waals surface area contributed by atoms with Crippen LogP contribution in [0.3, 0.4) is 0 Å². The Kier molecular flexibility index (Phi) is 4.73. The maximum absolute atomic E-state index is 6.36. The molecule has 0 N–H and O–H groups in total. The Balaban J connectivity index is 1.77. The van der Waals surface area contributed by atoms with Crippen molar-refractivity contribution in [1.29, 1.82) is 0 Å². The zero-order chi connectivity index (χ0) is 12.3. The molecule has 2 rings (SSSR count). The van der Waals surface area contributed by atoms with E-state index < -0.39 is 0 Å². The topological polar surface area (TPSA) is 12.5 Å². The smallest absolute Gasteiger partial charge is 0.0710 e. The van der Waals surface area contributed by atoms with Gasteiger partial charge in [0, 0.05) is 18.5 Å². The van der Waals surface area contributed by atoms with Crippen LogP contribution in [0.5, 0.6) is 0 Å². The highest BCUT2D eigenvalue weighted by Crippen LogP contribution is 2.41. The Bertz CT molecular complexity index is 238. The molecule has 0 aromatic heterocycles. The van der Waals surface area contributed by atoms with Crippen LogP contribution >= 0.6 is 11.6 Å². The van der Waals surface area contributed by atoms with Crippen molar-refractivity contribution in [3.63, 3.8) is 0 Å². The fraction of sp³-hybridized carbons (Fsp3) is 1.00. The first kappa shape index (κ1) is 13.6. The van der Waals surface area contributed by atoms with Gasteiger partial charge in [-0.15, -0.1) is 11.6 Å². The quantitative estimate of drug-likeness (QED) is 0.718. The van der Waals surface area contributed by atoms with Gasteiger partial charge in [0.05, 0.1) is 11.7 Å². The second kappa shape index (κ2) is 5.90. The summed E-state index contributed by atoms with van der Waals surface area (Å²) in [6.07, 6.45) is 9.66. The van der Waals surface area contributed by atoms with Gasteiger partial charge in [-0.25, -0.2) is 0 Å². The Morgan fingerprint density at radius 3 is 2.65 bits per heavy atom. The van der Waals surface area contributed by atoms with Crippen LogP contribution in [-0.2, 0) is 4.74 Å². The molecule has 0 amide bonds. The van der Waals surface area contributed by atoms with Gasteiger partial charge in [-0.1, -0.05) is 19.3 Å². The Morgan fingerprint density at radius 2 is 2.00 bits per heavy atom. The van der Waals surface area contributed by atoms with Gasteiger partial charge in [0.15, 0.2) is 0 Å². The predicted molar refractivity (Wildman–Crippen MR) is 72.7 cm³/mol. The number of rotatable bonds is 4. The van der Waals surface area contributed by atoms with Gasteiger partial charge < -0.3 is 9.64 Å². The minimum Gasteiger partial charge on any atom is -0.370 e. The first-order valence-electron chi connectivity index (χ1n) is 7.10. The number of nitrogens with zero attached hydrogens (tertiary/aromatic N) is 1. The molecule has 1 spiro atoms. The largest absolute Gasteiger partial charge is 0.370 e. The average Bonchev–Trinajstić information content (AvgIpc) is 2.61. The van der Waals surface area contributed by atoms with E-state index in [4.69, 9.17) is 16.3 Å². The third-order valence-electron chi connectivity index (χ3n) is 4.18. The molecule has 3 heteroatoms. The molecule has 2 fully saturated rings. The van der Waals surface area contributed by atoms with Crippen LogP contribution < -0.4 is 0 Å². The van der Waals surface area contributed by atoms with Gasteiger partial charge in [0.1, 0.15) is 0 Å². The first-order valence-corrected chi connectivity index (χ1v) is 7.54. The van der Waals surface area contributed by atoms with E-state index in [1.165, 1.54) is 44.9 Å². The Morgan fingerprint density at radius 1 is 1.29 bits per heavy atom. The number of hydrogen-bond acceptors (Lipinski definition) is 2. The molecule has 0 aromatic carbocycles. The molecule has 2 atom stereocenters. The first-order chi connectivity index (χ1) is 8.10. The van der Waals surface area contributed by atoms with Crippen molar-refractivity contribution in [2.75, 3.05) is 20.1 Å². The standard InChI is InChI=1S/C14H26ClNO/c1-12(15)10-16(2)11-13-6-9-14(17-13)7-4-3-5-8-14/h12-13H,3-11H2,1-2H3. The lowest BCUT2D eigenvalue weighted by Gasteiger charge is -2.34. The average molecular weight is 260 g/mol. The summed E-state index contributed by atoms with van der Waals surface area (Å²) in [6, 6.07) is 0. The normalized spacial score (nSPS) is 30.0. The Hall–Kier alpha value is 0.210. The van der Waals surface area contributed by atoms with Crippen LogP contribution in [0.25, 0.3) is 0 Å². The molecule has 2 aliphatic rings. The van der Waals surface area contributed by atoms with E-state index in [-0.39, 0.29) is 11.0 Å². The van der Waals surface area contributed by atoms with E-state index in [9.17, 15) is 0 Å². The van der Waals surface area contributed by atoms with Gasteiger partial charge in [-0.2, -0.15) is 0 Å². The number of hydrogen-bond donors (Lipinski definition) is 0. The summed E-state index contributed by atoms with van der Waals surface area (Å²) in [5.74, 6) is 0. The highest BCUT2D eigenvalue weighted by atomic mass is 35.5. The lowest BCUT2D eigenvalue weighted by Crippen LogP contribution is -2.36. The second-order valence-corrected chi connectivity index (χ2v) is 6.77. The van der Waals surface area contributed by atoms with Crippen molar-refractivity contribution in [2.45, 2.75) is 69.0 Å². The summed E-state index contributed by atoms with van der Waals surface area (Å²) in [5, 5.41) is 0.227. The van der Waals surface area contributed by atoms with Crippen molar-refractivity contribution < 1.29 is 4.74 Å². The summed E-state index contributed by atoms with van der Waals surface area (Å²) >= 11 is 6.02. The number of ether oxygens (including phenoxy) is 1. The van der Waals surface area contributed by atoms with Gasteiger partial charge >= 0.3 is 0 Å². The molecular formula is C14H26ClNO. The number of likely N-dealkylation sites (N-methyl/N-ethyl adjacent to an activating group) is 1. The predicted octanol–water partition coefficient (Wildman–Crippen LogP) is 3.43. The Labute approximate surface area is 111 Å². The van der Waals surface area contributed by atoms with Crippen LogP contribution in [0.1, 0.15) is 51.9 Å². The zero-order valence-electron chi connectivity index (χ0n) is 11.3.